The lowest BCUT2D eigenvalue weighted by molar-refractivity contribution is 0.319. The van der Waals surface area contributed by atoms with Gasteiger partial charge in [0.15, 0.2) is 15.7 Å². The number of hydrogen-bond acceptors (Lipinski definition) is 5. The Morgan fingerprint density at radius 3 is 1.14 bits per heavy atom. The van der Waals surface area contributed by atoms with Crippen LogP contribution in [0.15, 0.2) is 11.0 Å². The molecule has 0 fully saturated rings. The van der Waals surface area contributed by atoms with Crippen LogP contribution >= 0.6 is 0 Å². The van der Waals surface area contributed by atoms with Gasteiger partial charge < -0.3 is 15.3 Å². The second-order valence-corrected chi connectivity index (χ2v) is 15.0. The van der Waals surface area contributed by atoms with Gasteiger partial charge in [-0.15, -0.1) is 0 Å². The van der Waals surface area contributed by atoms with E-state index in [0.717, 1.165) is 25.3 Å². The summed E-state index contributed by atoms with van der Waals surface area (Å²) in [5.74, 6) is -1.15. The molecule has 1 heterocycles. The minimum absolute atomic E-state index is 0.251. The maximum absolute atomic E-state index is 12.1. The van der Waals surface area contributed by atoms with E-state index in [1.807, 2.05) is 0 Å². The molecule has 0 bridgehead atoms. The second kappa shape index (κ2) is 27.1. The summed E-state index contributed by atoms with van der Waals surface area (Å²) in [6, 6.07) is 1.07. The van der Waals surface area contributed by atoms with E-state index in [4.69, 9.17) is 5.11 Å². The number of aromatic nitrogens is 1. The molecule has 1 rings (SSSR count). The third kappa shape index (κ3) is 20.4. The van der Waals surface area contributed by atoms with Crippen LogP contribution in [-0.2, 0) is 16.4 Å². The molecule has 0 unspecified atom stereocenters. The molecule has 0 atom stereocenters. The van der Waals surface area contributed by atoms with Crippen molar-refractivity contribution in [1.82, 2.24) is 4.57 Å². The number of aliphatic hydroxyl groups is 1. The van der Waals surface area contributed by atoms with Gasteiger partial charge >= 0.3 is 0 Å². The van der Waals surface area contributed by atoms with E-state index >= 15 is 0 Å². The maximum Gasteiger partial charge on any atom is 0.213 e. The minimum atomic E-state index is -3.79. The summed E-state index contributed by atoms with van der Waals surface area (Å²) in [4.78, 5) is -0.306. The fourth-order valence-corrected chi connectivity index (χ4v) is 7.25. The van der Waals surface area contributed by atoms with Gasteiger partial charge in [0, 0.05) is 12.6 Å². The number of unbranched alkanes of at least 4 members (excludes halogenated alkanes) is 27. The Bertz CT molecular complexity index is 867. The quantitative estimate of drug-likeness (QED) is 0.0690. The zero-order valence-corrected chi connectivity index (χ0v) is 28.8. The first-order valence-electron chi connectivity index (χ1n) is 18.4. The highest BCUT2D eigenvalue weighted by Gasteiger charge is 2.24. The van der Waals surface area contributed by atoms with Crippen molar-refractivity contribution in [3.63, 3.8) is 0 Å². The Morgan fingerprint density at radius 2 is 0.837 bits per heavy atom. The fourth-order valence-electron chi connectivity index (χ4n) is 6.12. The van der Waals surface area contributed by atoms with Crippen LogP contribution in [0.4, 0.5) is 0 Å². The summed E-state index contributed by atoms with van der Waals surface area (Å²) in [6.07, 6.45) is 37.9. The van der Waals surface area contributed by atoms with E-state index in [2.05, 4.69) is 6.92 Å². The summed E-state index contributed by atoms with van der Waals surface area (Å²) in [5, 5.41) is 29.2. The normalized spacial score (nSPS) is 12.0. The van der Waals surface area contributed by atoms with Crippen LogP contribution in [0, 0.1) is 0 Å². The van der Waals surface area contributed by atoms with Gasteiger partial charge in [0.2, 0.25) is 5.88 Å². The Morgan fingerprint density at radius 1 is 0.535 bits per heavy atom. The number of hydrogen-bond donors (Lipinski definition) is 3. The second-order valence-electron chi connectivity index (χ2n) is 12.9. The first-order valence-corrected chi connectivity index (χ1v) is 20.0. The van der Waals surface area contributed by atoms with E-state index in [0.29, 0.717) is 6.54 Å². The van der Waals surface area contributed by atoms with E-state index in [9.17, 15) is 18.6 Å². The van der Waals surface area contributed by atoms with Gasteiger partial charge in [0.1, 0.15) is 4.90 Å². The topological polar surface area (TPSA) is 99.8 Å². The number of aromatic hydroxyl groups is 2. The SMILES string of the molecule is CCCCCCCCCCCCCCCCCCCCCCCCCCCCCCn1c(O)cc(S(=O)(=O)CCO)c1O. The Balaban J connectivity index is 1.80. The first kappa shape index (κ1) is 39.8. The third-order valence-corrected chi connectivity index (χ3v) is 10.6. The van der Waals surface area contributed by atoms with E-state index in [1.165, 1.54) is 165 Å². The lowest BCUT2D eigenvalue weighted by Gasteiger charge is -2.07. The highest BCUT2D eigenvalue weighted by Crippen LogP contribution is 2.32. The summed E-state index contributed by atoms with van der Waals surface area (Å²) in [6.45, 7) is 2.15. The highest BCUT2D eigenvalue weighted by molar-refractivity contribution is 7.91. The van der Waals surface area contributed by atoms with Crippen molar-refractivity contribution in [1.29, 1.82) is 0 Å². The lowest BCUT2D eigenvalue weighted by atomic mass is 10.0. The van der Waals surface area contributed by atoms with Crippen molar-refractivity contribution in [3.8, 4) is 11.8 Å². The molecule has 0 aliphatic carbocycles. The Hall–Kier alpha value is -1.21. The van der Waals surface area contributed by atoms with Crippen LogP contribution in [0.3, 0.4) is 0 Å². The number of aliphatic hydroxyl groups excluding tert-OH is 1. The smallest absolute Gasteiger partial charge is 0.213 e. The molecule has 0 saturated carbocycles. The largest absolute Gasteiger partial charge is 0.494 e. The van der Waals surface area contributed by atoms with Crippen molar-refractivity contribution < 1.29 is 23.7 Å². The van der Waals surface area contributed by atoms with Gasteiger partial charge in [0.25, 0.3) is 0 Å². The van der Waals surface area contributed by atoms with Crippen LogP contribution < -0.4 is 0 Å². The van der Waals surface area contributed by atoms with Gasteiger partial charge in [-0.3, -0.25) is 4.57 Å². The molecule has 0 aliphatic heterocycles. The molecule has 1 aromatic heterocycles. The molecule has 0 radical (unpaired) electrons. The molecule has 3 N–H and O–H groups in total. The molecule has 0 amide bonds. The fraction of sp³-hybridized carbons (Fsp3) is 0.889. The summed E-state index contributed by atoms with van der Waals surface area (Å²) in [5.41, 5.74) is 0. The third-order valence-electron chi connectivity index (χ3n) is 8.94. The van der Waals surface area contributed by atoms with Crippen LogP contribution in [0.5, 0.6) is 11.8 Å². The summed E-state index contributed by atoms with van der Waals surface area (Å²) < 4.78 is 25.4. The highest BCUT2D eigenvalue weighted by atomic mass is 32.2. The van der Waals surface area contributed by atoms with Crippen molar-refractivity contribution in [2.24, 2.45) is 0 Å². The maximum atomic E-state index is 12.1. The molecule has 6 nitrogen and oxygen atoms in total. The van der Waals surface area contributed by atoms with Gasteiger partial charge in [0.05, 0.1) is 12.4 Å². The molecule has 0 spiro atoms. The molecule has 0 aromatic carbocycles. The average Bonchev–Trinajstić information content (AvgIpc) is 3.28. The molecule has 0 saturated heterocycles. The summed E-state index contributed by atoms with van der Waals surface area (Å²) >= 11 is 0. The van der Waals surface area contributed by atoms with Gasteiger partial charge in [-0.25, -0.2) is 8.42 Å². The van der Waals surface area contributed by atoms with Crippen LogP contribution in [-0.4, -0.2) is 40.7 Å². The molecule has 43 heavy (non-hydrogen) atoms. The van der Waals surface area contributed by atoms with E-state index in [1.54, 1.807) is 0 Å². The molecular weight excluding hydrogens is 558 g/mol. The Labute approximate surface area is 266 Å². The molecular formula is C36H69NO5S. The predicted molar refractivity (Wildman–Crippen MR) is 182 cm³/mol. The van der Waals surface area contributed by atoms with Crippen LogP contribution in [0.1, 0.15) is 187 Å². The van der Waals surface area contributed by atoms with Gasteiger partial charge in [-0.2, -0.15) is 0 Å². The summed E-state index contributed by atoms with van der Waals surface area (Å²) in [7, 11) is -3.79. The number of sulfone groups is 1. The average molecular weight is 628 g/mol. The van der Waals surface area contributed by atoms with Crippen molar-refractivity contribution in [3.05, 3.63) is 6.07 Å². The lowest BCUT2D eigenvalue weighted by Crippen LogP contribution is -2.09. The monoisotopic (exact) mass is 627 g/mol. The zero-order chi connectivity index (χ0) is 31.4. The number of nitrogens with zero attached hydrogens (tertiary/aromatic N) is 1. The number of rotatable bonds is 32. The Kier molecular flexibility index (Phi) is 25.1. The van der Waals surface area contributed by atoms with Gasteiger partial charge in [-0.1, -0.05) is 180 Å². The first-order chi connectivity index (χ1) is 20.9. The molecule has 0 aliphatic rings. The van der Waals surface area contributed by atoms with E-state index < -0.39 is 28.1 Å². The van der Waals surface area contributed by atoms with Crippen molar-refractivity contribution in [2.75, 3.05) is 12.4 Å². The van der Waals surface area contributed by atoms with Crippen LogP contribution in [0.25, 0.3) is 0 Å². The van der Waals surface area contributed by atoms with Crippen molar-refractivity contribution in [2.45, 2.75) is 198 Å². The molecule has 1 aromatic rings. The van der Waals surface area contributed by atoms with Gasteiger partial charge in [-0.05, 0) is 6.42 Å². The molecule has 254 valence electrons. The zero-order valence-electron chi connectivity index (χ0n) is 28.0. The van der Waals surface area contributed by atoms with E-state index in [-0.39, 0.29) is 10.8 Å². The van der Waals surface area contributed by atoms with Crippen molar-refractivity contribution >= 4 is 9.84 Å². The molecule has 7 heteroatoms. The minimum Gasteiger partial charge on any atom is -0.494 e. The predicted octanol–water partition coefficient (Wildman–Crippen LogP) is 10.6. The standard InChI is InChI=1S/C36H69NO5S/c1-2-3-4-5-6-7-8-9-10-11-12-13-14-15-16-17-18-19-20-21-22-23-24-25-26-27-28-29-30-37-35(39)33-34(36(37)40)43(41,42)32-31-38/h33,38-40H,2-32H2,1H3. The van der Waals surface area contributed by atoms with Crippen LogP contribution in [0.2, 0.25) is 0 Å².